The minimum absolute atomic E-state index is 0. The largest absolute Gasteiger partial charge is 1.00 e. The van der Waals surface area contributed by atoms with Crippen LogP contribution < -0.4 is 12.4 Å². The van der Waals surface area contributed by atoms with Crippen LogP contribution in [0.3, 0.4) is 0 Å². The van der Waals surface area contributed by atoms with Crippen LogP contribution in [0.25, 0.3) is 4.98 Å². The van der Waals surface area contributed by atoms with Crippen molar-refractivity contribution in [2.24, 2.45) is 0 Å². The number of nitrogens with zero attached hydrogens (tertiary/aromatic N) is 2. The first-order chi connectivity index (χ1) is 4.33. The molecule has 0 aromatic heterocycles. The van der Waals surface area contributed by atoms with Crippen LogP contribution in [0.15, 0.2) is 28.7 Å². The van der Waals surface area contributed by atoms with Crippen molar-refractivity contribution in [1.29, 1.82) is 5.39 Å². The predicted molar refractivity (Wildman–Crippen MR) is 38.9 cm³/mol. The molecule has 0 fully saturated rings. The summed E-state index contributed by atoms with van der Waals surface area (Å²) in [6, 6.07) is 7.05. The Morgan fingerprint density at radius 2 is 1.70 bits per heavy atom. The highest BCUT2D eigenvalue weighted by Crippen LogP contribution is 2.15. The van der Waals surface area contributed by atoms with Crippen molar-refractivity contribution in [3.8, 4) is 0 Å². The van der Waals surface area contributed by atoms with Gasteiger partial charge in [0.05, 0.1) is 0 Å². The van der Waals surface area contributed by atoms with Crippen LogP contribution in [0.5, 0.6) is 0 Å². The molecule has 0 radical (unpaired) electrons. The van der Waals surface area contributed by atoms with E-state index in [1.54, 1.807) is 12.1 Å². The second-order valence-electron chi connectivity index (χ2n) is 1.58. The molecular formula is C6H4BrClN2. The van der Waals surface area contributed by atoms with Crippen molar-refractivity contribution in [2.45, 2.75) is 0 Å². The van der Waals surface area contributed by atoms with Gasteiger partial charge in [-0.1, -0.05) is 15.9 Å². The van der Waals surface area contributed by atoms with E-state index in [0.717, 1.165) is 4.47 Å². The van der Waals surface area contributed by atoms with Gasteiger partial charge in [-0.3, -0.25) is 0 Å². The number of rotatable bonds is 0. The zero-order valence-corrected chi connectivity index (χ0v) is 7.30. The maximum absolute atomic E-state index is 8.24. The van der Waals surface area contributed by atoms with E-state index >= 15 is 0 Å². The summed E-state index contributed by atoms with van der Waals surface area (Å²) in [6.45, 7) is 0. The first-order valence-electron chi connectivity index (χ1n) is 2.43. The first-order valence-corrected chi connectivity index (χ1v) is 3.23. The minimum atomic E-state index is 0. The topological polar surface area (TPSA) is 28.1 Å². The number of hydrogen-bond acceptors (Lipinski definition) is 1. The van der Waals surface area contributed by atoms with E-state index in [4.69, 9.17) is 5.39 Å². The lowest BCUT2D eigenvalue weighted by molar-refractivity contribution is -0.00000193. The number of benzene rings is 1. The Kier molecular flexibility index (Phi) is 4.01. The Bertz CT molecular complexity index is 239. The van der Waals surface area contributed by atoms with Gasteiger partial charge in [-0.2, -0.15) is 0 Å². The van der Waals surface area contributed by atoms with Gasteiger partial charge in [-0.15, -0.1) is 0 Å². The highest BCUT2D eigenvalue weighted by Gasteiger charge is 1.99. The van der Waals surface area contributed by atoms with E-state index in [0.29, 0.717) is 5.69 Å². The number of diazo groups is 1. The lowest BCUT2D eigenvalue weighted by Gasteiger charge is -1.79. The molecule has 52 valence electrons. The van der Waals surface area contributed by atoms with Gasteiger partial charge >= 0.3 is 5.69 Å². The van der Waals surface area contributed by atoms with Crippen LogP contribution in [0.1, 0.15) is 0 Å². The Morgan fingerprint density at radius 1 is 1.20 bits per heavy atom. The van der Waals surface area contributed by atoms with Crippen LogP contribution in [-0.4, -0.2) is 0 Å². The maximum atomic E-state index is 8.24. The van der Waals surface area contributed by atoms with Crippen molar-refractivity contribution >= 4 is 21.6 Å². The van der Waals surface area contributed by atoms with Crippen LogP contribution in [0.4, 0.5) is 5.69 Å². The van der Waals surface area contributed by atoms with Gasteiger partial charge in [-0.25, -0.2) is 0 Å². The fourth-order valence-corrected chi connectivity index (χ4v) is 0.772. The molecule has 0 N–H and O–H groups in total. The fraction of sp³-hybridized carbons (Fsp3) is 0. The summed E-state index contributed by atoms with van der Waals surface area (Å²) in [6.07, 6.45) is 0. The lowest BCUT2D eigenvalue weighted by Crippen LogP contribution is -3.00. The third kappa shape index (κ3) is 2.34. The summed E-state index contributed by atoms with van der Waals surface area (Å²) < 4.78 is 0.981. The van der Waals surface area contributed by atoms with Gasteiger partial charge in [0, 0.05) is 16.6 Å². The standard InChI is InChI=1S/C6H4BrN2.ClH/c7-5-1-3-6(9-8)4-2-5;/h1-4H;1H/q+1;/p-1. The van der Waals surface area contributed by atoms with Crippen molar-refractivity contribution in [3.05, 3.63) is 33.7 Å². The van der Waals surface area contributed by atoms with Gasteiger partial charge in [0.25, 0.3) is 0 Å². The van der Waals surface area contributed by atoms with Crippen molar-refractivity contribution in [1.82, 2.24) is 0 Å². The summed E-state index contributed by atoms with van der Waals surface area (Å²) in [5.41, 5.74) is 0.568. The van der Waals surface area contributed by atoms with Gasteiger partial charge < -0.3 is 12.4 Å². The maximum Gasteiger partial charge on any atom is 0.385 e. The molecule has 0 bridgehead atoms. The Hall–Kier alpha value is -0.590. The van der Waals surface area contributed by atoms with Crippen LogP contribution >= 0.6 is 15.9 Å². The summed E-state index contributed by atoms with van der Waals surface area (Å²) in [4.78, 5) is 2.99. The summed E-state index contributed by atoms with van der Waals surface area (Å²) >= 11 is 3.25. The van der Waals surface area contributed by atoms with E-state index in [-0.39, 0.29) is 12.4 Å². The molecule has 0 spiro atoms. The van der Waals surface area contributed by atoms with Gasteiger partial charge in [0.15, 0.2) is 4.98 Å². The van der Waals surface area contributed by atoms with Gasteiger partial charge in [0.1, 0.15) is 0 Å². The zero-order valence-electron chi connectivity index (χ0n) is 4.96. The van der Waals surface area contributed by atoms with Gasteiger partial charge in [-0.05, 0) is 12.1 Å². The second-order valence-corrected chi connectivity index (χ2v) is 2.49. The molecule has 10 heavy (non-hydrogen) atoms. The van der Waals surface area contributed by atoms with Crippen molar-refractivity contribution in [2.75, 3.05) is 0 Å². The molecule has 0 aliphatic rings. The molecule has 1 aromatic rings. The minimum Gasteiger partial charge on any atom is -1.00 e. The number of halogens is 2. The van der Waals surface area contributed by atoms with E-state index in [9.17, 15) is 0 Å². The second kappa shape index (κ2) is 4.26. The van der Waals surface area contributed by atoms with Gasteiger partial charge in [0.2, 0.25) is 5.39 Å². The van der Waals surface area contributed by atoms with Crippen LogP contribution in [-0.2, 0) is 0 Å². The summed E-state index contributed by atoms with van der Waals surface area (Å²) in [7, 11) is 0. The molecular weight excluding hydrogens is 215 g/mol. The summed E-state index contributed by atoms with van der Waals surface area (Å²) in [5.74, 6) is 0. The zero-order chi connectivity index (χ0) is 6.69. The fourth-order valence-electron chi connectivity index (χ4n) is 0.508. The molecule has 2 nitrogen and oxygen atoms in total. The van der Waals surface area contributed by atoms with Crippen molar-refractivity contribution in [3.63, 3.8) is 0 Å². The molecule has 0 amide bonds. The quantitative estimate of drug-likeness (QED) is 0.562. The molecule has 0 aliphatic carbocycles. The average Bonchev–Trinajstić information content (AvgIpc) is 1.90. The van der Waals surface area contributed by atoms with Crippen LogP contribution in [0.2, 0.25) is 0 Å². The molecule has 0 heterocycles. The lowest BCUT2D eigenvalue weighted by atomic mass is 10.3. The Balaban J connectivity index is 0.000000810. The molecule has 4 heteroatoms. The van der Waals surface area contributed by atoms with E-state index in [2.05, 4.69) is 20.9 Å². The molecule has 0 saturated carbocycles. The molecule has 0 aliphatic heterocycles. The van der Waals surface area contributed by atoms with Crippen LogP contribution in [0, 0.1) is 5.39 Å². The smallest absolute Gasteiger partial charge is 0.385 e. The predicted octanol–water partition coefficient (Wildman–Crippen LogP) is -0.0623. The normalized spacial score (nSPS) is 7.60. The molecule has 1 aromatic carbocycles. The highest BCUT2D eigenvalue weighted by molar-refractivity contribution is 9.10. The highest BCUT2D eigenvalue weighted by atomic mass is 79.9. The molecule has 0 unspecified atom stereocenters. The van der Waals surface area contributed by atoms with E-state index < -0.39 is 0 Å². The van der Waals surface area contributed by atoms with Crippen molar-refractivity contribution < 1.29 is 12.4 Å². The molecule has 0 atom stereocenters. The van der Waals surface area contributed by atoms with E-state index in [1.807, 2.05) is 12.1 Å². The Morgan fingerprint density at radius 3 is 2.10 bits per heavy atom. The first kappa shape index (κ1) is 9.41. The SMILES string of the molecule is N#[N+]c1ccc(Br)cc1.[Cl-]. The Labute approximate surface area is 73.4 Å². The van der Waals surface area contributed by atoms with E-state index in [1.165, 1.54) is 0 Å². The summed E-state index contributed by atoms with van der Waals surface area (Å²) in [5, 5.41) is 8.24. The third-order valence-corrected chi connectivity index (χ3v) is 1.47. The third-order valence-electron chi connectivity index (χ3n) is 0.942. The number of hydrogen-bond donors (Lipinski definition) is 0. The monoisotopic (exact) mass is 218 g/mol. The molecule has 1 rings (SSSR count). The molecule has 0 saturated heterocycles. The average molecular weight is 219 g/mol.